The molecule has 0 aromatic heterocycles. The molecule has 12 rings (SSSR count). The molecule has 2 aliphatic heterocycles. The highest BCUT2D eigenvalue weighted by atomic mass is 15.2. The summed E-state index contributed by atoms with van der Waals surface area (Å²) in [5.74, 6) is 0. The molecule has 3 heteroatoms. The fourth-order valence-corrected chi connectivity index (χ4v) is 11.9. The zero-order valence-electron chi connectivity index (χ0n) is 40.8. The van der Waals surface area contributed by atoms with Crippen molar-refractivity contribution in [2.45, 2.75) is 84.5 Å². The van der Waals surface area contributed by atoms with Gasteiger partial charge >= 0.3 is 0 Å². The maximum Gasteiger partial charge on any atom is 0.252 e. The second kappa shape index (κ2) is 15.5. The van der Waals surface area contributed by atoms with Crippen molar-refractivity contribution < 1.29 is 0 Å². The van der Waals surface area contributed by atoms with E-state index in [9.17, 15) is 0 Å². The van der Waals surface area contributed by atoms with Gasteiger partial charge in [-0.1, -0.05) is 200 Å². The van der Waals surface area contributed by atoms with E-state index in [2.05, 4.69) is 253 Å². The molecule has 8 aromatic rings. The lowest BCUT2D eigenvalue weighted by Gasteiger charge is -2.45. The summed E-state index contributed by atoms with van der Waals surface area (Å²) in [6.45, 7) is 18.9. The minimum absolute atomic E-state index is 0.0282. The summed E-state index contributed by atoms with van der Waals surface area (Å²) in [5.41, 5.74) is 27.3. The SMILES string of the molecule is CC(C)(C)c1ccc2c(c1)N(c1ccc(C3=CCCC4=C3c3ccccc3C4(C)C)cc1)c1cccc3c1B2c1ccc(C(C)(C)C)cc1N3c1ccc(-c2ccccc2)cc1-c1ccccc1. The zero-order valence-corrected chi connectivity index (χ0v) is 40.8. The first-order chi connectivity index (χ1) is 32.8. The van der Waals surface area contributed by atoms with Crippen LogP contribution < -0.4 is 26.2 Å². The van der Waals surface area contributed by atoms with Crippen LogP contribution >= 0.6 is 0 Å². The molecule has 0 fully saturated rings. The van der Waals surface area contributed by atoms with Crippen molar-refractivity contribution in [3.05, 3.63) is 221 Å². The van der Waals surface area contributed by atoms with Gasteiger partial charge in [0.25, 0.3) is 6.71 Å². The summed E-state index contributed by atoms with van der Waals surface area (Å²) in [7, 11) is 0. The Kier molecular flexibility index (Phi) is 9.62. The maximum absolute atomic E-state index is 2.59. The number of rotatable bonds is 5. The van der Waals surface area contributed by atoms with Crippen molar-refractivity contribution in [2.24, 2.45) is 0 Å². The van der Waals surface area contributed by atoms with Gasteiger partial charge in [-0.15, -0.1) is 0 Å². The molecule has 0 N–H and O–H groups in total. The minimum Gasteiger partial charge on any atom is -0.311 e. The molecule has 68 heavy (non-hydrogen) atoms. The predicted octanol–water partition coefficient (Wildman–Crippen LogP) is 15.6. The van der Waals surface area contributed by atoms with Crippen LogP contribution in [0.25, 0.3) is 33.4 Å². The van der Waals surface area contributed by atoms with Gasteiger partial charge in [-0.2, -0.15) is 0 Å². The summed E-state index contributed by atoms with van der Waals surface area (Å²) in [6, 6.07) is 69.1. The third-order valence-corrected chi connectivity index (χ3v) is 15.5. The predicted molar refractivity (Wildman–Crippen MR) is 292 cm³/mol. The van der Waals surface area contributed by atoms with E-state index in [-0.39, 0.29) is 23.0 Å². The Morgan fingerprint density at radius 1 is 0.456 bits per heavy atom. The van der Waals surface area contributed by atoms with Crippen molar-refractivity contribution in [3.8, 4) is 22.3 Å². The van der Waals surface area contributed by atoms with Gasteiger partial charge < -0.3 is 9.80 Å². The average molecular weight is 879 g/mol. The zero-order chi connectivity index (χ0) is 46.7. The molecule has 0 amide bonds. The van der Waals surface area contributed by atoms with E-state index in [0.717, 1.165) is 12.8 Å². The third-order valence-electron chi connectivity index (χ3n) is 15.5. The minimum atomic E-state index is -0.0412. The molecule has 0 saturated heterocycles. The lowest BCUT2D eigenvalue weighted by molar-refractivity contribution is 0.590. The fraction of sp³-hybridized carbons (Fsp3) is 0.200. The van der Waals surface area contributed by atoms with Crippen LogP contribution in [-0.4, -0.2) is 6.71 Å². The number of hydrogen-bond donors (Lipinski definition) is 0. The van der Waals surface area contributed by atoms with Crippen LogP contribution in [0.2, 0.25) is 0 Å². The molecule has 0 saturated carbocycles. The Balaban J connectivity index is 1.07. The summed E-state index contributed by atoms with van der Waals surface area (Å²) in [4.78, 5) is 5.16. The standard InChI is InChI=1S/C65H59BN2/c1-63(2,3)46-32-36-54-59(40-46)67(48-34-29-44(30-35-48)49-24-17-26-53-61(49)50-23-15-16-25-52(50)65(53,7)8)57-27-18-28-58-62(57)66(54)55-37-33-47(64(4,5)6)41-60(55)68(58)56-38-31-45(42-19-11-9-12-20-42)39-51(56)43-21-13-10-14-22-43/h9-16,18-25,27-41H,17,26H2,1-8H3. The molecule has 2 nitrogen and oxygen atoms in total. The molecule has 0 unspecified atom stereocenters. The van der Waals surface area contributed by atoms with Crippen LogP contribution in [0.15, 0.2) is 194 Å². The second-order valence-corrected chi connectivity index (χ2v) is 22.1. The number of anilines is 6. The van der Waals surface area contributed by atoms with Crippen LogP contribution in [-0.2, 0) is 16.2 Å². The lowest BCUT2D eigenvalue weighted by Crippen LogP contribution is -2.61. The van der Waals surface area contributed by atoms with Crippen LogP contribution in [0.5, 0.6) is 0 Å². The normalized spacial score (nSPS) is 15.6. The number of nitrogens with zero attached hydrogens (tertiary/aromatic N) is 2. The molecule has 0 spiro atoms. The van der Waals surface area contributed by atoms with Crippen molar-refractivity contribution in [3.63, 3.8) is 0 Å². The Morgan fingerprint density at radius 3 is 1.68 bits per heavy atom. The highest BCUT2D eigenvalue weighted by Gasteiger charge is 2.45. The average Bonchev–Trinajstić information content (AvgIpc) is 3.59. The van der Waals surface area contributed by atoms with Gasteiger partial charge in [0.2, 0.25) is 0 Å². The van der Waals surface area contributed by atoms with Gasteiger partial charge in [0.05, 0.1) is 5.69 Å². The molecule has 4 aliphatic rings. The van der Waals surface area contributed by atoms with E-state index in [4.69, 9.17) is 0 Å². The first kappa shape index (κ1) is 42.3. The Morgan fingerprint density at radius 2 is 1.03 bits per heavy atom. The largest absolute Gasteiger partial charge is 0.311 e. The quantitative estimate of drug-likeness (QED) is 0.159. The molecule has 2 heterocycles. The Labute approximate surface area is 404 Å². The van der Waals surface area contributed by atoms with E-state index >= 15 is 0 Å². The number of fused-ring (bicyclic) bond motifs is 6. The van der Waals surface area contributed by atoms with Crippen LogP contribution in [0.3, 0.4) is 0 Å². The number of hydrogen-bond acceptors (Lipinski definition) is 2. The van der Waals surface area contributed by atoms with Crippen LogP contribution in [0.1, 0.15) is 96.0 Å². The summed E-state index contributed by atoms with van der Waals surface area (Å²) < 4.78 is 0. The Bertz CT molecular complexity index is 3380. The molecule has 8 aromatic carbocycles. The van der Waals surface area contributed by atoms with Crippen molar-refractivity contribution in [2.75, 3.05) is 9.80 Å². The highest BCUT2D eigenvalue weighted by Crippen LogP contribution is 2.55. The van der Waals surface area contributed by atoms with E-state index in [0.29, 0.717) is 0 Å². The summed E-state index contributed by atoms with van der Waals surface area (Å²) >= 11 is 0. The van der Waals surface area contributed by atoms with Crippen molar-refractivity contribution in [1.29, 1.82) is 0 Å². The van der Waals surface area contributed by atoms with Gasteiger partial charge in [-0.05, 0) is 144 Å². The maximum atomic E-state index is 2.59. The van der Waals surface area contributed by atoms with Crippen LogP contribution in [0, 0.1) is 0 Å². The van der Waals surface area contributed by atoms with Gasteiger partial charge in [0, 0.05) is 39.4 Å². The molecular weight excluding hydrogens is 820 g/mol. The lowest BCUT2D eigenvalue weighted by atomic mass is 9.33. The molecule has 0 bridgehead atoms. The molecule has 0 radical (unpaired) electrons. The van der Waals surface area contributed by atoms with Crippen molar-refractivity contribution in [1.82, 2.24) is 0 Å². The molecular formula is C65H59BN2. The number of benzene rings is 8. The van der Waals surface area contributed by atoms with E-state index < -0.39 is 0 Å². The molecule has 332 valence electrons. The molecule has 0 atom stereocenters. The van der Waals surface area contributed by atoms with Gasteiger partial charge in [-0.25, -0.2) is 0 Å². The van der Waals surface area contributed by atoms with Crippen LogP contribution in [0.4, 0.5) is 34.1 Å². The first-order valence-corrected chi connectivity index (χ1v) is 24.7. The fourth-order valence-electron chi connectivity index (χ4n) is 11.9. The second-order valence-electron chi connectivity index (χ2n) is 22.1. The van der Waals surface area contributed by atoms with E-state index in [1.54, 1.807) is 5.57 Å². The highest BCUT2D eigenvalue weighted by molar-refractivity contribution is 7.00. The summed E-state index contributed by atoms with van der Waals surface area (Å²) in [5, 5.41) is 0. The topological polar surface area (TPSA) is 6.48 Å². The smallest absolute Gasteiger partial charge is 0.252 e. The van der Waals surface area contributed by atoms with E-state index in [1.807, 2.05) is 0 Å². The van der Waals surface area contributed by atoms with Gasteiger partial charge in [-0.3, -0.25) is 0 Å². The molecule has 2 aliphatic carbocycles. The van der Waals surface area contributed by atoms with Gasteiger partial charge in [0.1, 0.15) is 0 Å². The Hall–Kier alpha value is -7.10. The van der Waals surface area contributed by atoms with E-state index in [1.165, 1.54) is 112 Å². The van der Waals surface area contributed by atoms with Gasteiger partial charge in [0.15, 0.2) is 0 Å². The number of allylic oxidation sites excluding steroid dienone is 4. The monoisotopic (exact) mass is 878 g/mol. The third kappa shape index (κ3) is 6.61. The van der Waals surface area contributed by atoms with Crippen molar-refractivity contribution >= 4 is 68.4 Å². The summed E-state index contributed by atoms with van der Waals surface area (Å²) in [6.07, 6.45) is 4.67. The first-order valence-electron chi connectivity index (χ1n) is 24.7.